The Hall–Kier alpha value is -3.40. The minimum absolute atomic E-state index is 0.0680. The molecule has 0 aromatic heterocycles. The summed E-state index contributed by atoms with van der Waals surface area (Å²) < 4.78 is 11.2. The lowest BCUT2D eigenvalue weighted by molar-refractivity contribution is -0.138. The minimum Gasteiger partial charge on any atom is -0.459 e. The van der Waals surface area contributed by atoms with Gasteiger partial charge in [-0.2, -0.15) is 0 Å². The maximum absolute atomic E-state index is 12.5. The van der Waals surface area contributed by atoms with Gasteiger partial charge < -0.3 is 9.47 Å². The van der Waals surface area contributed by atoms with E-state index in [2.05, 4.69) is 38.1 Å². The highest BCUT2D eigenvalue weighted by Crippen LogP contribution is 2.27. The number of unbranched alkanes of at least 4 members (excludes halogenated alkanes) is 6. The number of ether oxygens (including phenoxy) is 2. The predicted octanol–water partition coefficient (Wildman–Crippen LogP) is 10.0. The van der Waals surface area contributed by atoms with E-state index in [4.69, 9.17) is 9.47 Å². The van der Waals surface area contributed by atoms with Crippen molar-refractivity contribution >= 4 is 11.9 Å². The average Bonchev–Trinajstić information content (AvgIpc) is 2.98. The molecule has 0 bridgehead atoms. The van der Waals surface area contributed by atoms with Crippen LogP contribution in [0.5, 0.6) is 5.75 Å². The number of carbonyl (C=O) groups is 2. The topological polar surface area (TPSA) is 52.6 Å². The summed E-state index contributed by atoms with van der Waals surface area (Å²) in [6.45, 7) is 8.29. The zero-order valence-corrected chi connectivity index (χ0v) is 24.8. The van der Waals surface area contributed by atoms with Gasteiger partial charge in [0.2, 0.25) is 0 Å². The van der Waals surface area contributed by atoms with Crippen molar-refractivity contribution in [3.63, 3.8) is 0 Å². The molecule has 4 nitrogen and oxygen atoms in total. The van der Waals surface area contributed by atoms with Crippen molar-refractivity contribution in [3.05, 3.63) is 78.4 Å². The summed E-state index contributed by atoms with van der Waals surface area (Å²) in [5, 5.41) is 0. The summed E-state index contributed by atoms with van der Waals surface area (Å²) in [5.74, 6) is 0.0632. The normalized spacial score (nSPS) is 12.5. The number of hydrogen-bond donors (Lipinski definition) is 0. The molecule has 2 atom stereocenters. The van der Waals surface area contributed by atoms with Crippen LogP contribution in [0.2, 0.25) is 0 Å². The molecule has 4 heteroatoms. The Labute approximate surface area is 241 Å². The molecule has 3 aromatic carbocycles. The fraction of sp³-hybridized carbons (Fsp3) is 0.444. The maximum atomic E-state index is 12.5. The van der Waals surface area contributed by atoms with E-state index in [0.717, 1.165) is 47.9 Å². The number of benzene rings is 3. The Balaban J connectivity index is 1.52. The van der Waals surface area contributed by atoms with Crippen LogP contribution in [0.3, 0.4) is 0 Å². The number of rotatable bonds is 16. The van der Waals surface area contributed by atoms with Crippen molar-refractivity contribution in [2.75, 3.05) is 0 Å². The molecule has 3 rings (SSSR count). The van der Waals surface area contributed by atoms with Gasteiger partial charge in [-0.05, 0) is 72.7 Å². The van der Waals surface area contributed by atoms with Crippen LogP contribution in [0.25, 0.3) is 22.3 Å². The van der Waals surface area contributed by atoms with Gasteiger partial charge >= 0.3 is 11.9 Å². The first-order valence-electron chi connectivity index (χ1n) is 15.1. The predicted molar refractivity (Wildman–Crippen MR) is 165 cm³/mol. The van der Waals surface area contributed by atoms with Crippen LogP contribution in [0.1, 0.15) is 102 Å². The fourth-order valence-electron chi connectivity index (χ4n) is 4.75. The van der Waals surface area contributed by atoms with E-state index in [-0.39, 0.29) is 24.0 Å². The molecule has 0 N–H and O–H groups in total. The Bertz CT molecular complexity index is 1160. The largest absolute Gasteiger partial charge is 0.459 e. The van der Waals surface area contributed by atoms with Gasteiger partial charge in [0, 0.05) is 0 Å². The standard InChI is InChI=1S/C36H46O4/c1-5-7-9-11-13-27(3)35(37)40-34-25-23-32(24-26-34)30-17-15-29(16-18-30)31-19-21-33(22-20-31)36(38)39-28(4)14-12-10-8-6-2/h15-28H,5-14H2,1-4H3/t27-,28-/m0/s1. The molecule has 3 aromatic rings. The van der Waals surface area contributed by atoms with Crippen LogP contribution in [-0.4, -0.2) is 18.0 Å². The second-order valence-corrected chi connectivity index (χ2v) is 10.9. The van der Waals surface area contributed by atoms with E-state index < -0.39 is 0 Å². The van der Waals surface area contributed by atoms with E-state index in [1.165, 1.54) is 38.5 Å². The lowest BCUT2D eigenvalue weighted by Crippen LogP contribution is -2.17. The van der Waals surface area contributed by atoms with Gasteiger partial charge in [-0.15, -0.1) is 0 Å². The molecule has 0 spiro atoms. The van der Waals surface area contributed by atoms with E-state index in [9.17, 15) is 9.59 Å². The van der Waals surface area contributed by atoms with Gasteiger partial charge in [-0.3, -0.25) is 4.79 Å². The smallest absolute Gasteiger partial charge is 0.338 e. The molecule has 214 valence electrons. The molecule has 0 saturated heterocycles. The summed E-state index contributed by atoms with van der Waals surface area (Å²) in [4.78, 5) is 24.9. The van der Waals surface area contributed by atoms with Crippen LogP contribution in [0.15, 0.2) is 72.8 Å². The van der Waals surface area contributed by atoms with Gasteiger partial charge in [0.1, 0.15) is 5.75 Å². The van der Waals surface area contributed by atoms with Crippen LogP contribution in [0, 0.1) is 5.92 Å². The molecule has 40 heavy (non-hydrogen) atoms. The first kappa shape index (κ1) is 31.1. The molecule has 0 amide bonds. The Kier molecular flexibility index (Phi) is 13.0. The lowest BCUT2D eigenvalue weighted by Gasteiger charge is -2.13. The van der Waals surface area contributed by atoms with Gasteiger partial charge in [-0.25, -0.2) is 4.79 Å². The third kappa shape index (κ3) is 9.97. The maximum Gasteiger partial charge on any atom is 0.338 e. The SMILES string of the molecule is CCCCCC[C@H](C)OC(=O)c1ccc(-c2ccc(-c3ccc(OC(=O)[C@@H](C)CCCCCC)cc3)cc2)cc1. The molecule has 0 unspecified atom stereocenters. The summed E-state index contributed by atoms with van der Waals surface area (Å²) in [7, 11) is 0. The van der Waals surface area contributed by atoms with E-state index in [1.807, 2.05) is 62.4 Å². The second-order valence-electron chi connectivity index (χ2n) is 10.9. The summed E-state index contributed by atoms with van der Waals surface area (Å²) in [5.41, 5.74) is 4.83. The summed E-state index contributed by atoms with van der Waals surface area (Å²) in [6.07, 6.45) is 11.0. The van der Waals surface area contributed by atoms with Gasteiger partial charge in [0.15, 0.2) is 0 Å². The number of esters is 2. The van der Waals surface area contributed by atoms with Crippen molar-refractivity contribution in [2.45, 2.75) is 98.0 Å². The molecular weight excluding hydrogens is 496 g/mol. The molecule has 0 aliphatic rings. The minimum atomic E-state index is -0.263. The average molecular weight is 543 g/mol. The van der Waals surface area contributed by atoms with Crippen LogP contribution < -0.4 is 4.74 Å². The van der Waals surface area contributed by atoms with E-state index in [0.29, 0.717) is 11.3 Å². The van der Waals surface area contributed by atoms with Crippen molar-refractivity contribution in [3.8, 4) is 28.0 Å². The Morgan fingerprint density at radius 1 is 0.600 bits per heavy atom. The highest BCUT2D eigenvalue weighted by molar-refractivity contribution is 5.90. The number of hydrogen-bond acceptors (Lipinski definition) is 4. The Morgan fingerprint density at radius 2 is 1.05 bits per heavy atom. The van der Waals surface area contributed by atoms with Crippen LogP contribution in [0.4, 0.5) is 0 Å². The number of carbonyl (C=O) groups excluding carboxylic acids is 2. The monoisotopic (exact) mass is 542 g/mol. The zero-order valence-electron chi connectivity index (χ0n) is 24.8. The van der Waals surface area contributed by atoms with E-state index in [1.54, 1.807) is 0 Å². The third-order valence-electron chi connectivity index (χ3n) is 7.41. The van der Waals surface area contributed by atoms with Crippen LogP contribution in [-0.2, 0) is 9.53 Å². The molecular formula is C36H46O4. The first-order chi connectivity index (χ1) is 19.4. The van der Waals surface area contributed by atoms with Crippen molar-refractivity contribution in [1.29, 1.82) is 0 Å². The van der Waals surface area contributed by atoms with Gasteiger partial charge in [0.05, 0.1) is 17.6 Å². The fourth-order valence-corrected chi connectivity index (χ4v) is 4.75. The summed E-state index contributed by atoms with van der Waals surface area (Å²) >= 11 is 0. The quantitative estimate of drug-likeness (QED) is 0.103. The molecule has 0 radical (unpaired) electrons. The highest BCUT2D eigenvalue weighted by Gasteiger charge is 2.15. The molecule has 0 saturated carbocycles. The van der Waals surface area contributed by atoms with Crippen molar-refractivity contribution < 1.29 is 19.1 Å². The van der Waals surface area contributed by atoms with Crippen molar-refractivity contribution in [1.82, 2.24) is 0 Å². The second kappa shape index (κ2) is 16.6. The van der Waals surface area contributed by atoms with Crippen molar-refractivity contribution in [2.24, 2.45) is 5.92 Å². The van der Waals surface area contributed by atoms with E-state index >= 15 is 0 Å². The molecule has 0 heterocycles. The first-order valence-corrected chi connectivity index (χ1v) is 15.1. The molecule has 0 aliphatic carbocycles. The molecule has 0 fully saturated rings. The zero-order chi connectivity index (χ0) is 28.7. The lowest BCUT2D eigenvalue weighted by atomic mass is 9.99. The van der Waals surface area contributed by atoms with Gasteiger partial charge in [0.25, 0.3) is 0 Å². The Morgan fingerprint density at radius 3 is 1.55 bits per heavy atom. The summed E-state index contributed by atoms with van der Waals surface area (Å²) in [6, 6.07) is 23.6. The van der Waals surface area contributed by atoms with Gasteiger partial charge in [-0.1, -0.05) is 114 Å². The third-order valence-corrected chi connectivity index (χ3v) is 7.41. The highest BCUT2D eigenvalue weighted by atomic mass is 16.5. The van der Waals surface area contributed by atoms with Crippen LogP contribution >= 0.6 is 0 Å². The molecule has 0 aliphatic heterocycles.